The fraction of sp³-hybridized carbons (Fsp3) is 0.0667. The van der Waals surface area contributed by atoms with Gasteiger partial charge in [-0.2, -0.15) is 0 Å². The molecular formula is C15H12FNO4. The molecule has 5 nitrogen and oxygen atoms in total. The van der Waals surface area contributed by atoms with Crippen LogP contribution >= 0.6 is 0 Å². The summed E-state index contributed by atoms with van der Waals surface area (Å²) < 4.78 is 18.2. The Balaban J connectivity index is 2.00. The van der Waals surface area contributed by atoms with Crippen molar-refractivity contribution in [3.8, 4) is 11.5 Å². The standard InChI is InChI=1S/C15H12FNO4/c16-11-3-7-13(8-4-11)21-12-5-1-10(2-6-12)15(20)17-9-14(18)19/h1-8H,9H2,(H,17,20)(H,18,19). The summed E-state index contributed by atoms with van der Waals surface area (Å²) in [7, 11) is 0. The zero-order chi connectivity index (χ0) is 15.2. The summed E-state index contributed by atoms with van der Waals surface area (Å²) in [5, 5.41) is 10.7. The van der Waals surface area contributed by atoms with E-state index < -0.39 is 18.4 Å². The molecule has 0 saturated heterocycles. The molecule has 6 heteroatoms. The smallest absolute Gasteiger partial charge is 0.322 e. The topological polar surface area (TPSA) is 75.6 Å². The van der Waals surface area contributed by atoms with Crippen molar-refractivity contribution in [3.05, 3.63) is 59.9 Å². The van der Waals surface area contributed by atoms with Crippen molar-refractivity contribution < 1.29 is 23.8 Å². The second-order valence-electron chi connectivity index (χ2n) is 4.16. The first-order chi connectivity index (χ1) is 10.0. The van der Waals surface area contributed by atoms with Crippen LogP contribution in [0.1, 0.15) is 10.4 Å². The van der Waals surface area contributed by atoms with Gasteiger partial charge >= 0.3 is 5.97 Å². The number of nitrogens with one attached hydrogen (secondary N) is 1. The number of hydrogen-bond donors (Lipinski definition) is 2. The molecule has 2 aromatic rings. The van der Waals surface area contributed by atoms with Crippen LogP contribution in [0.25, 0.3) is 0 Å². The van der Waals surface area contributed by atoms with E-state index in [0.717, 1.165) is 0 Å². The van der Waals surface area contributed by atoms with Crippen LogP contribution in [-0.4, -0.2) is 23.5 Å². The molecule has 21 heavy (non-hydrogen) atoms. The number of hydrogen-bond acceptors (Lipinski definition) is 3. The van der Waals surface area contributed by atoms with Crippen molar-refractivity contribution in [3.63, 3.8) is 0 Å². The summed E-state index contributed by atoms with van der Waals surface area (Å²) >= 11 is 0. The molecule has 108 valence electrons. The lowest BCUT2D eigenvalue weighted by Crippen LogP contribution is -2.29. The molecule has 0 saturated carbocycles. The number of amides is 1. The molecule has 0 bridgehead atoms. The Morgan fingerprint density at radius 3 is 2.05 bits per heavy atom. The van der Waals surface area contributed by atoms with Crippen molar-refractivity contribution in [1.82, 2.24) is 5.32 Å². The molecule has 0 aliphatic heterocycles. The van der Waals surface area contributed by atoms with E-state index >= 15 is 0 Å². The number of rotatable bonds is 5. The quantitative estimate of drug-likeness (QED) is 0.886. The molecular weight excluding hydrogens is 277 g/mol. The van der Waals surface area contributed by atoms with Gasteiger partial charge in [0.25, 0.3) is 5.91 Å². The van der Waals surface area contributed by atoms with Crippen molar-refractivity contribution in [2.24, 2.45) is 0 Å². The lowest BCUT2D eigenvalue weighted by Gasteiger charge is -2.07. The molecule has 0 fully saturated rings. The largest absolute Gasteiger partial charge is 0.480 e. The molecule has 0 aliphatic rings. The van der Waals surface area contributed by atoms with Gasteiger partial charge in [-0.3, -0.25) is 9.59 Å². The van der Waals surface area contributed by atoms with Crippen LogP contribution in [0.4, 0.5) is 4.39 Å². The summed E-state index contributed by atoms with van der Waals surface area (Å²) in [5.41, 5.74) is 0.322. The third-order valence-corrected chi connectivity index (χ3v) is 2.57. The minimum absolute atomic E-state index is 0.322. The molecule has 0 aromatic heterocycles. The number of carboxylic acid groups (broad SMARTS) is 1. The maximum absolute atomic E-state index is 12.8. The summed E-state index contributed by atoms with van der Waals surface area (Å²) in [4.78, 5) is 22.0. The Labute approximate surface area is 120 Å². The minimum Gasteiger partial charge on any atom is -0.480 e. The number of aliphatic carboxylic acids is 1. The zero-order valence-corrected chi connectivity index (χ0v) is 10.9. The van der Waals surface area contributed by atoms with Gasteiger partial charge in [-0.15, -0.1) is 0 Å². The van der Waals surface area contributed by atoms with E-state index in [1.165, 1.54) is 36.4 Å². The first-order valence-corrected chi connectivity index (χ1v) is 6.08. The highest BCUT2D eigenvalue weighted by Crippen LogP contribution is 2.21. The lowest BCUT2D eigenvalue weighted by molar-refractivity contribution is -0.135. The summed E-state index contributed by atoms with van der Waals surface area (Å²) in [6, 6.07) is 11.7. The molecule has 0 aliphatic carbocycles. The van der Waals surface area contributed by atoms with Crippen molar-refractivity contribution in [1.29, 1.82) is 0 Å². The molecule has 0 radical (unpaired) electrons. The van der Waals surface area contributed by atoms with Gasteiger partial charge in [0, 0.05) is 5.56 Å². The van der Waals surface area contributed by atoms with Crippen LogP contribution in [0.3, 0.4) is 0 Å². The fourth-order valence-corrected chi connectivity index (χ4v) is 1.57. The van der Waals surface area contributed by atoms with Gasteiger partial charge < -0.3 is 15.2 Å². The number of halogens is 1. The van der Waals surface area contributed by atoms with Gasteiger partial charge in [0.15, 0.2) is 0 Å². The van der Waals surface area contributed by atoms with E-state index in [9.17, 15) is 14.0 Å². The number of carboxylic acids is 1. The molecule has 0 atom stereocenters. The van der Waals surface area contributed by atoms with E-state index in [-0.39, 0.29) is 5.82 Å². The minimum atomic E-state index is -1.11. The van der Waals surface area contributed by atoms with Crippen LogP contribution in [-0.2, 0) is 4.79 Å². The van der Waals surface area contributed by atoms with Crippen molar-refractivity contribution in [2.75, 3.05) is 6.54 Å². The summed E-state index contributed by atoms with van der Waals surface area (Å²) in [6.45, 7) is -0.438. The molecule has 2 rings (SSSR count). The van der Waals surface area contributed by atoms with Gasteiger partial charge in [0.2, 0.25) is 0 Å². The molecule has 0 spiro atoms. The maximum Gasteiger partial charge on any atom is 0.322 e. The highest BCUT2D eigenvalue weighted by molar-refractivity contribution is 5.95. The molecule has 2 N–H and O–H groups in total. The van der Waals surface area contributed by atoms with Crippen LogP contribution in [0.2, 0.25) is 0 Å². The van der Waals surface area contributed by atoms with Crippen LogP contribution in [0.15, 0.2) is 48.5 Å². The normalized spacial score (nSPS) is 9.95. The van der Waals surface area contributed by atoms with Crippen LogP contribution < -0.4 is 10.1 Å². The molecule has 0 heterocycles. The van der Waals surface area contributed by atoms with Gasteiger partial charge in [0.05, 0.1) is 0 Å². The highest BCUT2D eigenvalue weighted by atomic mass is 19.1. The van der Waals surface area contributed by atoms with Gasteiger partial charge in [-0.1, -0.05) is 0 Å². The second-order valence-corrected chi connectivity index (χ2v) is 4.16. The lowest BCUT2D eigenvalue weighted by atomic mass is 10.2. The number of carbonyl (C=O) groups is 2. The van der Waals surface area contributed by atoms with E-state index in [2.05, 4.69) is 5.32 Å². The predicted octanol–water partition coefficient (Wildman–Crippen LogP) is 2.43. The van der Waals surface area contributed by atoms with Crippen LogP contribution in [0, 0.1) is 5.82 Å². The first-order valence-electron chi connectivity index (χ1n) is 6.08. The highest BCUT2D eigenvalue weighted by Gasteiger charge is 2.07. The summed E-state index contributed by atoms with van der Waals surface area (Å²) in [5.74, 6) is -0.992. The fourth-order valence-electron chi connectivity index (χ4n) is 1.57. The number of carbonyl (C=O) groups excluding carboxylic acids is 1. The Bertz CT molecular complexity index is 638. The SMILES string of the molecule is O=C(O)CNC(=O)c1ccc(Oc2ccc(F)cc2)cc1. The maximum atomic E-state index is 12.8. The number of benzene rings is 2. The number of ether oxygens (including phenoxy) is 1. The Morgan fingerprint density at radius 2 is 1.52 bits per heavy atom. The van der Waals surface area contributed by atoms with Crippen LogP contribution in [0.5, 0.6) is 11.5 Å². The van der Waals surface area contributed by atoms with Gasteiger partial charge in [-0.25, -0.2) is 4.39 Å². The van der Waals surface area contributed by atoms with Crippen molar-refractivity contribution in [2.45, 2.75) is 0 Å². The van der Waals surface area contributed by atoms with E-state index in [4.69, 9.17) is 9.84 Å². The third-order valence-electron chi connectivity index (χ3n) is 2.57. The van der Waals surface area contributed by atoms with Crippen molar-refractivity contribution >= 4 is 11.9 Å². The third kappa shape index (κ3) is 4.31. The molecule has 2 aromatic carbocycles. The first kappa shape index (κ1) is 14.5. The Kier molecular flexibility index (Phi) is 4.50. The second kappa shape index (κ2) is 6.51. The predicted molar refractivity (Wildman–Crippen MR) is 72.9 cm³/mol. The van der Waals surface area contributed by atoms with E-state index in [1.807, 2.05) is 0 Å². The average Bonchev–Trinajstić information content (AvgIpc) is 2.48. The van der Waals surface area contributed by atoms with E-state index in [0.29, 0.717) is 17.1 Å². The molecule has 0 unspecified atom stereocenters. The Hall–Kier alpha value is -2.89. The average molecular weight is 289 g/mol. The monoisotopic (exact) mass is 289 g/mol. The van der Waals surface area contributed by atoms with Gasteiger partial charge in [-0.05, 0) is 48.5 Å². The zero-order valence-electron chi connectivity index (χ0n) is 10.9. The molecule has 1 amide bonds. The Morgan fingerprint density at radius 1 is 1.00 bits per heavy atom. The van der Waals surface area contributed by atoms with E-state index in [1.54, 1.807) is 12.1 Å². The summed E-state index contributed by atoms with van der Waals surface area (Å²) in [6.07, 6.45) is 0. The van der Waals surface area contributed by atoms with Gasteiger partial charge in [0.1, 0.15) is 23.9 Å².